The maximum absolute atomic E-state index is 2.53. The van der Waals surface area contributed by atoms with Crippen LogP contribution in [-0.2, 0) is 7.05 Å². The van der Waals surface area contributed by atoms with E-state index in [4.69, 9.17) is 0 Å². The first-order valence-corrected chi connectivity index (χ1v) is 11.0. The lowest BCUT2D eigenvalue weighted by molar-refractivity contribution is 0.446. The maximum Gasteiger partial charge on any atom is 0.0498 e. The summed E-state index contributed by atoms with van der Waals surface area (Å²) < 4.78 is 5.36. The van der Waals surface area contributed by atoms with Gasteiger partial charge in [-0.3, -0.25) is 0 Å². The fraction of sp³-hybridized carbons (Fsp3) is 0.280. The smallest absolute Gasteiger partial charge is 0.0498 e. The second-order valence-corrected chi connectivity index (χ2v) is 9.13. The predicted molar refractivity (Wildman–Crippen MR) is 119 cm³/mol. The number of fused-ring (bicyclic) bond motifs is 7. The van der Waals surface area contributed by atoms with Gasteiger partial charge in [0.15, 0.2) is 0 Å². The number of rotatable bonds is 1. The Morgan fingerprint density at radius 3 is 2.41 bits per heavy atom. The molecular weight excluding hydrogens is 346 g/mol. The minimum absolute atomic E-state index is 0.719. The molecule has 3 aromatic carbocycles. The quantitative estimate of drug-likeness (QED) is 0.285. The van der Waals surface area contributed by atoms with Crippen LogP contribution in [0.15, 0.2) is 54.6 Å². The predicted octanol–water partition coefficient (Wildman–Crippen LogP) is 7.75. The van der Waals surface area contributed by atoms with E-state index >= 15 is 0 Å². The minimum Gasteiger partial charge on any atom is -0.344 e. The van der Waals surface area contributed by atoms with Crippen LogP contribution in [0.2, 0.25) is 0 Å². The van der Waals surface area contributed by atoms with E-state index in [0.29, 0.717) is 0 Å². The Morgan fingerprint density at radius 2 is 1.56 bits per heavy atom. The van der Waals surface area contributed by atoms with Crippen LogP contribution in [0, 0.1) is 0 Å². The maximum atomic E-state index is 2.53. The molecule has 0 bridgehead atoms. The van der Waals surface area contributed by atoms with Gasteiger partial charge in [-0.15, -0.1) is 11.3 Å². The Hall–Kier alpha value is -2.32. The van der Waals surface area contributed by atoms with Crippen LogP contribution in [0.25, 0.3) is 42.0 Å². The summed E-state index contributed by atoms with van der Waals surface area (Å²) in [6.07, 6.45) is 6.86. The number of para-hydroxylation sites is 1. The molecule has 1 aliphatic rings. The standard InChI is InChI=1S/C25H23NS/c1-26-20-13-7-5-11-17(20)23-21(26)15-19(16-9-3-2-4-10-16)25-24(23)18-12-6-8-14-22(18)27-25/h5-8,11-16H,2-4,9-10H2,1H3. The molecule has 2 heterocycles. The Kier molecular flexibility index (Phi) is 3.40. The largest absolute Gasteiger partial charge is 0.344 e. The third kappa shape index (κ3) is 2.17. The van der Waals surface area contributed by atoms with Crippen molar-refractivity contribution in [3.05, 3.63) is 60.2 Å². The number of aromatic nitrogens is 1. The van der Waals surface area contributed by atoms with E-state index in [9.17, 15) is 0 Å². The molecule has 1 fully saturated rings. The summed E-state index contributed by atoms with van der Waals surface area (Å²) >= 11 is 2.01. The number of benzene rings is 3. The lowest BCUT2D eigenvalue weighted by Crippen LogP contribution is -2.05. The van der Waals surface area contributed by atoms with Gasteiger partial charge in [-0.25, -0.2) is 0 Å². The van der Waals surface area contributed by atoms with Gasteiger partial charge in [0.25, 0.3) is 0 Å². The van der Waals surface area contributed by atoms with Gasteiger partial charge < -0.3 is 4.57 Å². The van der Waals surface area contributed by atoms with Crippen LogP contribution in [0.5, 0.6) is 0 Å². The molecule has 0 radical (unpaired) electrons. The average molecular weight is 370 g/mol. The Labute approximate surface area is 163 Å². The summed E-state index contributed by atoms with van der Waals surface area (Å²) in [5, 5.41) is 5.75. The molecule has 1 saturated carbocycles. The average Bonchev–Trinajstić information content (AvgIpc) is 3.24. The molecule has 2 heteroatoms. The Bertz CT molecular complexity index is 1310. The van der Waals surface area contributed by atoms with E-state index in [2.05, 4.69) is 66.2 Å². The van der Waals surface area contributed by atoms with Crippen molar-refractivity contribution in [3.8, 4) is 0 Å². The second kappa shape index (κ2) is 5.84. The summed E-state index contributed by atoms with van der Waals surface area (Å²) in [5.74, 6) is 0.719. The van der Waals surface area contributed by atoms with Gasteiger partial charge in [-0.05, 0) is 42.5 Å². The zero-order valence-corrected chi connectivity index (χ0v) is 16.5. The van der Waals surface area contributed by atoms with Crippen molar-refractivity contribution < 1.29 is 0 Å². The second-order valence-electron chi connectivity index (χ2n) is 8.07. The zero-order chi connectivity index (χ0) is 18.0. The topological polar surface area (TPSA) is 4.93 Å². The number of thiophene rings is 1. The molecule has 0 saturated heterocycles. The monoisotopic (exact) mass is 369 g/mol. The van der Waals surface area contributed by atoms with Gasteiger partial charge in [-0.1, -0.05) is 55.7 Å². The molecule has 5 aromatic rings. The van der Waals surface area contributed by atoms with Gasteiger partial charge in [0.1, 0.15) is 0 Å². The summed E-state index contributed by atoms with van der Waals surface area (Å²) in [7, 11) is 2.23. The molecule has 0 unspecified atom stereocenters. The summed E-state index contributed by atoms with van der Waals surface area (Å²) in [4.78, 5) is 0. The van der Waals surface area contributed by atoms with E-state index in [0.717, 1.165) is 5.92 Å². The molecule has 1 nitrogen and oxygen atoms in total. The Morgan fingerprint density at radius 1 is 0.815 bits per heavy atom. The normalized spacial score (nSPS) is 16.2. The third-order valence-electron chi connectivity index (χ3n) is 6.60. The van der Waals surface area contributed by atoms with Crippen molar-refractivity contribution in [1.82, 2.24) is 4.57 Å². The highest BCUT2D eigenvalue weighted by atomic mass is 32.1. The van der Waals surface area contributed by atoms with E-state index in [1.165, 1.54) is 74.1 Å². The van der Waals surface area contributed by atoms with Crippen LogP contribution in [0.1, 0.15) is 43.6 Å². The number of nitrogens with zero attached hydrogens (tertiary/aromatic N) is 1. The van der Waals surface area contributed by atoms with Gasteiger partial charge in [0, 0.05) is 49.0 Å². The van der Waals surface area contributed by atoms with Crippen LogP contribution < -0.4 is 0 Å². The molecule has 6 rings (SSSR count). The number of hydrogen-bond acceptors (Lipinski definition) is 1. The van der Waals surface area contributed by atoms with Crippen LogP contribution >= 0.6 is 11.3 Å². The molecular formula is C25H23NS. The van der Waals surface area contributed by atoms with Gasteiger partial charge in [-0.2, -0.15) is 0 Å². The highest BCUT2D eigenvalue weighted by molar-refractivity contribution is 7.26. The van der Waals surface area contributed by atoms with Crippen molar-refractivity contribution in [1.29, 1.82) is 0 Å². The molecule has 27 heavy (non-hydrogen) atoms. The minimum atomic E-state index is 0.719. The van der Waals surface area contributed by atoms with Gasteiger partial charge in [0.2, 0.25) is 0 Å². The van der Waals surface area contributed by atoms with E-state index < -0.39 is 0 Å². The van der Waals surface area contributed by atoms with Crippen LogP contribution in [0.3, 0.4) is 0 Å². The number of aryl methyl sites for hydroxylation is 1. The first-order chi connectivity index (χ1) is 13.3. The molecule has 1 aliphatic carbocycles. The lowest BCUT2D eigenvalue weighted by atomic mass is 9.83. The summed E-state index contributed by atoms with van der Waals surface area (Å²) in [6, 6.07) is 20.4. The van der Waals surface area contributed by atoms with E-state index in [1.54, 1.807) is 5.56 Å². The number of hydrogen-bond donors (Lipinski definition) is 0. The van der Waals surface area contributed by atoms with Crippen molar-refractivity contribution in [3.63, 3.8) is 0 Å². The summed E-state index contributed by atoms with van der Waals surface area (Å²) in [5.41, 5.74) is 4.34. The molecule has 134 valence electrons. The first-order valence-electron chi connectivity index (χ1n) is 10.1. The van der Waals surface area contributed by atoms with Crippen LogP contribution in [0.4, 0.5) is 0 Å². The first kappa shape index (κ1) is 15.7. The molecule has 0 N–H and O–H groups in total. The summed E-state index contributed by atoms with van der Waals surface area (Å²) in [6.45, 7) is 0. The van der Waals surface area contributed by atoms with Crippen molar-refractivity contribution in [2.45, 2.75) is 38.0 Å². The van der Waals surface area contributed by atoms with Crippen LogP contribution in [-0.4, -0.2) is 4.57 Å². The zero-order valence-electron chi connectivity index (χ0n) is 15.7. The molecule has 2 aromatic heterocycles. The molecule has 0 spiro atoms. The highest BCUT2D eigenvalue weighted by Crippen LogP contribution is 2.47. The van der Waals surface area contributed by atoms with E-state index in [-0.39, 0.29) is 0 Å². The molecule has 0 aliphatic heterocycles. The molecule has 0 atom stereocenters. The van der Waals surface area contributed by atoms with E-state index in [1.807, 2.05) is 11.3 Å². The fourth-order valence-corrected chi connectivity index (χ4v) is 6.58. The fourth-order valence-electron chi connectivity index (χ4n) is 5.27. The molecule has 0 amide bonds. The van der Waals surface area contributed by atoms with Crippen molar-refractivity contribution in [2.75, 3.05) is 0 Å². The highest BCUT2D eigenvalue weighted by Gasteiger charge is 2.23. The van der Waals surface area contributed by atoms with Gasteiger partial charge in [0.05, 0.1) is 0 Å². The lowest BCUT2D eigenvalue weighted by Gasteiger charge is -2.23. The van der Waals surface area contributed by atoms with Crippen molar-refractivity contribution >= 4 is 53.3 Å². The SMILES string of the molecule is Cn1c2ccccc2c2c3c(sc4ccccc43)c(C3CCCCC3)cc21. The Balaban J connectivity index is 1.85. The third-order valence-corrected chi connectivity index (χ3v) is 7.82. The van der Waals surface area contributed by atoms with Crippen molar-refractivity contribution in [2.24, 2.45) is 7.05 Å². The van der Waals surface area contributed by atoms with Gasteiger partial charge >= 0.3 is 0 Å².